The number of nitrogens with zero attached hydrogens (tertiary/aromatic N) is 1. The molecule has 0 aliphatic heterocycles. The maximum absolute atomic E-state index is 9.03. The van der Waals surface area contributed by atoms with Crippen LogP contribution in [0.15, 0.2) is 24.4 Å². The Balaban J connectivity index is 2.56. The van der Waals surface area contributed by atoms with Crippen molar-refractivity contribution in [1.29, 1.82) is 0 Å². The number of hydrogen-bond acceptors (Lipinski definition) is 2. The molecular weight excluding hydrogens is 200 g/mol. The standard InChI is InChI=1S/C13H18N2O/c1-10-2-3-13-12(8-10)11(4-5-14)9-15(13)6-7-16/h2-3,8-9,16H,4-7,14H2,1H3. The van der Waals surface area contributed by atoms with Gasteiger partial charge >= 0.3 is 0 Å². The van der Waals surface area contributed by atoms with Crippen LogP contribution in [0.2, 0.25) is 0 Å². The van der Waals surface area contributed by atoms with Crippen LogP contribution in [0.5, 0.6) is 0 Å². The van der Waals surface area contributed by atoms with Gasteiger partial charge in [0.2, 0.25) is 0 Å². The summed E-state index contributed by atoms with van der Waals surface area (Å²) < 4.78 is 2.10. The minimum atomic E-state index is 0.166. The molecule has 0 aliphatic rings. The SMILES string of the molecule is Cc1ccc2c(c1)c(CCN)cn2CCO. The number of benzene rings is 1. The van der Waals surface area contributed by atoms with E-state index in [1.807, 2.05) is 0 Å². The van der Waals surface area contributed by atoms with E-state index in [0.717, 1.165) is 6.42 Å². The van der Waals surface area contributed by atoms with E-state index in [4.69, 9.17) is 10.8 Å². The molecule has 0 spiro atoms. The molecule has 3 nitrogen and oxygen atoms in total. The number of aliphatic hydroxyl groups is 1. The zero-order valence-electron chi connectivity index (χ0n) is 9.61. The van der Waals surface area contributed by atoms with E-state index in [0.29, 0.717) is 13.1 Å². The molecule has 86 valence electrons. The van der Waals surface area contributed by atoms with E-state index in [9.17, 15) is 0 Å². The number of fused-ring (bicyclic) bond motifs is 1. The lowest BCUT2D eigenvalue weighted by atomic mass is 10.1. The highest BCUT2D eigenvalue weighted by Gasteiger charge is 2.07. The van der Waals surface area contributed by atoms with Gasteiger partial charge < -0.3 is 15.4 Å². The molecule has 3 N–H and O–H groups in total. The Kier molecular flexibility index (Phi) is 3.27. The van der Waals surface area contributed by atoms with Crippen molar-refractivity contribution < 1.29 is 5.11 Å². The summed E-state index contributed by atoms with van der Waals surface area (Å²) in [7, 11) is 0. The minimum Gasteiger partial charge on any atom is -0.395 e. The van der Waals surface area contributed by atoms with Gasteiger partial charge in [-0.1, -0.05) is 11.6 Å². The molecule has 1 heterocycles. The third kappa shape index (κ3) is 1.96. The lowest BCUT2D eigenvalue weighted by Gasteiger charge is -2.02. The molecule has 2 rings (SSSR count). The minimum absolute atomic E-state index is 0.166. The smallest absolute Gasteiger partial charge is 0.0610 e. The van der Waals surface area contributed by atoms with Gasteiger partial charge in [-0.05, 0) is 37.6 Å². The van der Waals surface area contributed by atoms with Crippen molar-refractivity contribution in [3.63, 3.8) is 0 Å². The topological polar surface area (TPSA) is 51.2 Å². The molecule has 2 aromatic rings. The Morgan fingerprint density at radius 2 is 2.19 bits per heavy atom. The van der Waals surface area contributed by atoms with E-state index in [1.54, 1.807) is 0 Å². The van der Waals surface area contributed by atoms with Crippen molar-refractivity contribution in [2.45, 2.75) is 19.9 Å². The van der Waals surface area contributed by atoms with Gasteiger partial charge in [0, 0.05) is 23.6 Å². The predicted octanol–water partition coefficient (Wildman–Crippen LogP) is 1.44. The van der Waals surface area contributed by atoms with Crippen molar-refractivity contribution in [2.75, 3.05) is 13.2 Å². The predicted molar refractivity (Wildman–Crippen MR) is 66.5 cm³/mol. The Hall–Kier alpha value is -1.32. The van der Waals surface area contributed by atoms with Gasteiger partial charge in [0.15, 0.2) is 0 Å². The fourth-order valence-electron chi connectivity index (χ4n) is 2.13. The van der Waals surface area contributed by atoms with Crippen LogP contribution in [-0.4, -0.2) is 22.8 Å². The molecule has 0 unspecified atom stereocenters. The lowest BCUT2D eigenvalue weighted by molar-refractivity contribution is 0.278. The summed E-state index contributed by atoms with van der Waals surface area (Å²) in [4.78, 5) is 0. The van der Waals surface area contributed by atoms with Gasteiger partial charge in [-0.25, -0.2) is 0 Å². The summed E-state index contributed by atoms with van der Waals surface area (Å²) in [5, 5.41) is 10.3. The second-order valence-corrected chi connectivity index (χ2v) is 4.13. The monoisotopic (exact) mass is 218 g/mol. The molecule has 0 aliphatic carbocycles. The van der Waals surface area contributed by atoms with Crippen molar-refractivity contribution in [3.8, 4) is 0 Å². The normalized spacial score (nSPS) is 11.2. The van der Waals surface area contributed by atoms with E-state index in [-0.39, 0.29) is 6.61 Å². The van der Waals surface area contributed by atoms with Crippen LogP contribution in [0.4, 0.5) is 0 Å². The fourth-order valence-corrected chi connectivity index (χ4v) is 2.13. The summed E-state index contributed by atoms with van der Waals surface area (Å²) in [5.41, 5.74) is 9.33. The molecule has 0 atom stereocenters. The van der Waals surface area contributed by atoms with E-state index in [2.05, 4.69) is 35.9 Å². The van der Waals surface area contributed by atoms with Crippen LogP contribution in [0.1, 0.15) is 11.1 Å². The van der Waals surface area contributed by atoms with Crippen LogP contribution in [0, 0.1) is 6.92 Å². The summed E-state index contributed by atoms with van der Waals surface area (Å²) in [6.07, 6.45) is 2.99. The van der Waals surface area contributed by atoms with Crippen molar-refractivity contribution in [3.05, 3.63) is 35.5 Å². The zero-order chi connectivity index (χ0) is 11.5. The molecule has 0 amide bonds. The summed E-state index contributed by atoms with van der Waals surface area (Å²) in [6.45, 7) is 3.56. The largest absolute Gasteiger partial charge is 0.395 e. The Labute approximate surface area is 95.5 Å². The Morgan fingerprint density at radius 3 is 2.88 bits per heavy atom. The second kappa shape index (κ2) is 4.68. The third-order valence-corrected chi connectivity index (χ3v) is 2.87. The van der Waals surface area contributed by atoms with Gasteiger partial charge in [-0.3, -0.25) is 0 Å². The molecular formula is C13H18N2O. The average Bonchev–Trinajstić information content (AvgIpc) is 2.58. The summed E-state index contributed by atoms with van der Waals surface area (Å²) >= 11 is 0. The molecule has 1 aromatic heterocycles. The number of aryl methyl sites for hydroxylation is 1. The van der Waals surface area contributed by atoms with Crippen LogP contribution >= 0.6 is 0 Å². The molecule has 3 heteroatoms. The Bertz CT molecular complexity index is 488. The maximum Gasteiger partial charge on any atom is 0.0610 e. The molecule has 0 saturated carbocycles. The van der Waals surface area contributed by atoms with Gasteiger partial charge in [-0.15, -0.1) is 0 Å². The second-order valence-electron chi connectivity index (χ2n) is 4.13. The van der Waals surface area contributed by atoms with Crippen LogP contribution < -0.4 is 5.73 Å². The van der Waals surface area contributed by atoms with Gasteiger partial charge in [0.25, 0.3) is 0 Å². The zero-order valence-corrected chi connectivity index (χ0v) is 9.61. The molecule has 0 saturated heterocycles. The molecule has 0 radical (unpaired) electrons. The molecule has 1 aromatic carbocycles. The first-order valence-electron chi connectivity index (χ1n) is 5.65. The van der Waals surface area contributed by atoms with Crippen LogP contribution in [0.25, 0.3) is 10.9 Å². The van der Waals surface area contributed by atoms with E-state index < -0.39 is 0 Å². The number of aliphatic hydroxyl groups excluding tert-OH is 1. The highest BCUT2D eigenvalue weighted by atomic mass is 16.3. The highest BCUT2D eigenvalue weighted by Crippen LogP contribution is 2.23. The highest BCUT2D eigenvalue weighted by molar-refractivity contribution is 5.84. The lowest BCUT2D eigenvalue weighted by Crippen LogP contribution is -2.02. The van der Waals surface area contributed by atoms with Crippen LogP contribution in [-0.2, 0) is 13.0 Å². The van der Waals surface area contributed by atoms with Crippen molar-refractivity contribution in [1.82, 2.24) is 4.57 Å². The van der Waals surface area contributed by atoms with Gasteiger partial charge in [-0.2, -0.15) is 0 Å². The molecule has 16 heavy (non-hydrogen) atoms. The van der Waals surface area contributed by atoms with Crippen molar-refractivity contribution in [2.24, 2.45) is 5.73 Å². The number of nitrogens with two attached hydrogens (primary N) is 1. The number of hydrogen-bond donors (Lipinski definition) is 2. The van der Waals surface area contributed by atoms with E-state index in [1.165, 1.54) is 22.0 Å². The quantitative estimate of drug-likeness (QED) is 0.816. The number of aromatic nitrogens is 1. The van der Waals surface area contributed by atoms with E-state index >= 15 is 0 Å². The number of rotatable bonds is 4. The molecule has 0 fully saturated rings. The van der Waals surface area contributed by atoms with Gasteiger partial charge in [0.05, 0.1) is 6.61 Å². The third-order valence-electron chi connectivity index (χ3n) is 2.87. The Morgan fingerprint density at radius 1 is 1.38 bits per heavy atom. The maximum atomic E-state index is 9.03. The summed E-state index contributed by atoms with van der Waals surface area (Å²) in [6, 6.07) is 6.40. The first-order chi connectivity index (χ1) is 7.76. The van der Waals surface area contributed by atoms with Gasteiger partial charge in [0.1, 0.15) is 0 Å². The first kappa shape index (κ1) is 11.2. The fraction of sp³-hybridized carbons (Fsp3) is 0.385. The van der Waals surface area contributed by atoms with Crippen LogP contribution in [0.3, 0.4) is 0 Å². The summed E-state index contributed by atoms with van der Waals surface area (Å²) in [5.74, 6) is 0. The average molecular weight is 218 g/mol. The molecule has 0 bridgehead atoms. The van der Waals surface area contributed by atoms with Crippen molar-refractivity contribution >= 4 is 10.9 Å². The first-order valence-corrected chi connectivity index (χ1v) is 5.65.